The van der Waals surface area contributed by atoms with Gasteiger partial charge in [0.1, 0.15) is 17.4 Å². The highest BCUT2D eigenvalue weighted by molar-refractivity contribution is 7.13. The quantitative estimate of drug-likeness (QED) is 0.232. The Morgan fingerprint density at radius 3 is 2.65 bits per heavy atom. The minimum Gasteiger partial charge on any atom is -0.479 e. The van der Waals surface area contributed by atoms with E-state index in [2.05, 4.69) is 20.1 Å². The lowest BCUT2D eigenvalue weighted by atomic mass is 9.91. The van der Waals surface area contributed by atoms with E-state index in [1.807, 2.05) is 50.5 Å². The molecule has 1 fully saturated rings. The van der Waals surface area contributed by atoms with Crippen molar-refractivity contribution < 1.29 is 29.1 Å². The van der Waals surface area contributed by atoms with Gasteiger partial charge in [0.25, 0.3) is 11.8 Å². The van der Waals surface area contributed by atoms with Crippen molar-refractivity contribution in [1.29, 1.82) is 0 Å². The van der Waals surface area contributed by atoms with Crippen molar-refractivity contribution in [2.75, 3.05) is 26.8 Å². The van der Waals surface area contributed by atoms with Crippen LogP contribution < -0.4 is 4.74 Å². The minimum absolute atomic E-state index is 0.121. The number of H-pyrrole nitrogens is 1. The summed E-state index contributed by atoms with van der Waals surface area (Å²) < 4.78 is 10.5. The van der Waals surface area contributed by atoms with Gasteiger partial charge in [0.05, 0.1) is 48.1 Å². The third-order valence-corrected chi connectivity index (χ3v) is 8.63. The summed E-state index contributed by atoms with van der Waals surface area (Å²) >= 11 is 1.58. The summed E-state index contributed by atoms with van der Waals surface area (Å²) in [5.74, 6) is -0.282. The molecule has 13 heteroatoms. The van der Waals surface area contributed by atoms with Gasteiger partial charge < -0.3 is 34.3 Å². The number of thiazole rings is 1. The van der Waals surface area contributed by atoms with E-state index in [-0.39, 0.29) is 55.4 Å². The Morgan fingerprint density at radius 2 is 2.02 bits per heavy atom. The second-order valence-electron chi connectivity index (χ2n) is 11.0. The highest BCUT2D eigenvalue weighted by Crippen LogP contribution is 2.37. The molecule has 0 spiro atoms. The molecular weight excluding hydrogens is 572 g/mol. The van der Waals surface area contributed by atoms with Crippen LogP contribution in [0.5, 0.6) is 5.88 Å². The topological polar surface area (TPSA) is 158 Å². The van der Waals surface area contributed by atoms with Gasteiger partial charge in [-0.05, 0) is 29.1 Å². The van der Waals surface area contributed by atoms with Crippen LogP contribution in [0.25, 0.3) is 10.4 Å². The van der Waals surface area contributed by atoms with E-state index in [1.165, 1.54) is 13.3 Å². The summed E-state index contributed by atoms with van der Waals surface area (Å²) in [4.78, 5) is 43.4. The number of hydrogen-bond acceptors (Lipinski definition) is 10. The summed E-state index contributed by atoms with van der Waals surface area (Å²) in [6.45, 7) is 6.13. The molecule has 1 aliphatic heterocycles. The fraction of sp³-hybridized carbons (Fsp3) is 0.433. The van der Waals surface area contributed by atoms with E-state index in [0.29, 0.717) is 18.1 Å². The summed E-state index contributed by atoms with van der Waals surface area (Å²) in [5, 5.41) is 24.1. The molecule has 3 atom stereocenters. The Morgan fingerprint density at radius 1 is 1.26 bits per heavy atom. The number of benzene rings is 1. The lowest BCUT2D eigenvalue weighted by molar-refractivity contribution is -0.135. The average Bonchev–Trinajstić information content (AvgIpc) is 3.80. The third kappa shape index (κ3) is 6.48. The second kappa shape index (κ2) is 13.1. The van der Waals surface area contributed by atoms with Crippen LogP contribution >= 0.6 is 11.3 Å². The normalized spacial score (nSPS) is 17.4. The monoisotopic (exact) mass is 608 g/mol. The first kappa shape index (κ1) is 30.4. The molecule has 0 radical (unpaired) electrons. The van der Waals surface area contributed by atoms with E-state index < -0.39 is 18.1 Å². The third-order valence-electron chi connectivity index (χ3n) is 7.65. The molecule has 2 amide bonds. The summed E-state index contributed by atoms with van der Waals surface area (Å²) in [5.41, 5.74) is 4.98. The van der Waals surface area contributed by atoms with Gasteiger partial charge in [-0.1, -0.05) is 38.1 Å². The SMILES string of the molecule is COc1cc(C(C(=O)N2C[C@H](O)C[C@H]2c2ncc(C(=O)N(CCO)Cc3ccc(-c4scnc4C)cc3)[nH]2)C(C)C)on1. The predicted octanol–water partition coefficient (Wildman–Crippen LogP) is 3.55. The maximum atomic E-state index is 13.8. The van der Waals surface area contributed by atoms with Crippen LogP contribution in [0.15, 0.2) is 46.6 Å². The van der Waals surface area contributed by atoms with Crippen molar-refractivity contribution in [3.05, 3.63) is 70.6 Å². The van der Waals surface area contributed by atoms with Gasteiger partial charge in [-0.15, -0.1) is 11.3 Å². The Bertz CT molecular complexity index is 1550. The van der Waals surface area contributed by atoms with E-state index >= 15 is 0 Å². The van der Waals surface area contributed by atoms with Crippen LogP contribution in [0.2, 0.25) is 0 Å². The summed E-state index contributed by atoms with van der Waals surface area (Å²) in [6.07, 6.45) is 0.952. The standard InChI is InChI=1S/C30H36N6O6S/c1-17(2)26(24-12-25(41-4)34-42-24)30(40)36-15-21(38)11-23(36)28-31-13-22(33-28)29(39)35(9-10-37)14-19-5-7-20(8-6-19)27-18(3)32-16-43-27/h5-8,12-13,16-17,21,23,26,37-38H,9-11,14-15H2,1-4H3,(H,31,33)/t21-,23+,26?/m1/s1. The number of aromatic nitrogens is 4. The number of aromatic amines is 1. The number of amides is 2. The summed E-state index contributed by atoms with van der Waals surface area (Å²) in [6, 6.07) is 8.96. The van der Waals surface area contributed by atoms with Crippen molar-refractivity contribution in [1.82, 2.24) is 29.9 Å². The zero-order valence-corrected chi connectivity index (χ0v) is 25.4. The van der Waals surface area contributed by atoms with Crippen LogP contribution in [0.4, 0.5) is 0 Å². The summed E-state index contributed by atoms with van der Waals surface area (Å²) in [7, 11) is 1.47. The highest BCUT2D eigenvalue weighted by atomic mass is 32.1. The van der Waals surface area contributed by atoms with Gasteiger partial charge in [-0.25, -0.2) is 9.97 Å². The fourth-order valence-corrected chi connectivity index (χ4v) is 6.28. The molecular formula is C30H36N6O6S. The molecule has 5 rings (SSSR count). The first-order chi connectivity index (χ1) is 20.7. The van der Waals surface area contributed by atoms with Crippen molar-refractivity contribution in [2.45, 2.75) is 51.8 Å². The number of aliphatic hydroxyl groups is 2. The first-order valence-corrected chi connectivity index (χ1v) is 15.0. The molecule has 4 aromatic rings. The number of aliphatic hydroxyl groups excluding tert-OH is 2. The zero-order chi connectivity index (χ0) is 30.7. The lowest BCUT2D eigenvalue weighted by Gasteiger charge is -2.28. The number of likely N-dealkylation sites (tertiary alicyclic amines) is 1. The number of rotatable bonds is 11. The second-order valence-corrected chi connectivity index (χ2v) is 11.8. The number of hydrogen-bond donors (Lipinski definition) is 3. The van der Waals surface area contributed by atoms with Gasteiger partial charge in [0.15, 0.2) is 5.76 Å². The molecule has 1 aliphatic rings. The maximum absolute atomic E-state index is 13.8. The maximum Gasteiger partial charge on any atom is 0.272 e. The molecule has 0 bridgehead atoms. The molecule has 12 nitrogen and oxygen atoms in total. The van der Waals surface area contributed by atoms with Crippen molar-refractivity contribution in [3.8, 4) is 16.3 Å². The number of imidazole rings is 1. The molecule has 1 saturated heterocycles. The van der Waals surface area contributed by atoms with Crippen LogP contribution in [0.1, 0.15) is 65.6 Å². The molecule has 228 valence electrons. The average molecular weight is 609 g/mol. The fourth-order valence-electron chi connectivity index (χ4n) is 5.46. The molecule has 1 aromatic carbocycles. The largest absolute Gasteiger partial charge is 0.479 e. The number of aryl methyl sites for hydroxylation is 1. The number of methoxy groups -OCH3 is 1. The van der Waals surface area contributed by atoms with Crippen molar-refractivity contribution in [3.63, 3.8) is 0 Å². The molecule has 0 aliphatic carbocycles. The van der Waals surface area contributed by atoms with Gasteiger partial charge in [-0.2, -0.15) is 0 Å². The number of nitrogens with one attached hydrogen (secondary N) is 1. The van der Waals surface area contributed by atoms with Crippen LogP contribution in [-0.4, -0.2) is 84.8 Å². The smallest absolute Gasteiger partial charge is 0.272 e. The zero-order valence-electron chi connectivity index (χ0n) is 24.6. The number of carbonyl (C=O) groups is 2. The van der Waals surface area contributed by atoms with Crippen LogP contribution in [0.3, 0.4) is 0 Å². The molecule has 1 unspecified atom stereocenters. The number of carbonyl (C=O) groups excluding carboxylic acids is 2. The number of β-amino-alcohol motifs (C(OH)–C–C–N with tert-alkyl or cyclic N) is 1. The number of ether oxygens (including phenoxy) is 1. The van der Waals surface area contributed by atoms with Crippen LogP contribution in [0, 0.1) is 12.8 Å². The highest BCUT2D eigenvalue weighted by Gasteiger charge is 2.42. The van der Waals surface area contributed by atoms with E-state index in [1.54, 1.807) is 27.2 Å². The molecule has 0 saturated carbocycles. The Balaban J connectivity index is 1.33. The van der Waals surface area contributed by atoms with Gasteiger partial charge in [0.2, 0.25) is 5.91 Å². The molecule has 3 N–H and O–H groups in total. The Labute approximate surface area is 253 Å². The Kier molecular flexibility index (Phi) is 9.23. The van der Waals surface area contributed by atoms with Gasteiger partial charge in [0, 0.05) is 32.1 Å². The minimum atomic E-state index is -0.752. The van der Waals surface area contributed by atoms with Gasteiger partial charge >= 0.3 is 0 Å². The van der Waals surface area contributed by atoms with E-state index in [9.17, 15) is 19.8 Å². The van der Waals surface area contributed by atoms with Crippen molar-refractivity contribution >= 4 is 23.2 Å². The molecule has 4 heterocycles. The first-order valence-electron chi connectivity index (χ1n) is 14.1. The lowest BCUT2D eigenvalue weighted by Crippen LogP contribution is -2.37. The Hall–Kier alpha value is -4.07. The van der Waals surface area contributed by atoms with E-state index in [4.69, 9.17) is 9.26 Å². The predicted molar refractivity (Wildman–Crippen MR) is 158 cm³/mol. The van der Waals surface area contributed by atoms with Gasteiger partial charge in [-0.3, -0.25) is 9.59 Å². The molecule has 3 aromatic heterocycles. The number of nitrogens with zero attached hydrogens (tertiary/aromatic N) is 5. The molecule has 43 heavy (non-hydrogen) atoms. The van der Waals surface area contributed by atoms with Crippen molar-refractivity contribution in [2.24, 2.45) is 5.92 Å². The van der Waals surface area contributed by atoms with Crippen LogP contribution in [-0.2, 0) is 11.3 Å². The van der Waals surface area contributed by atoms with E-state index in [0.717, 1.165) is 21.7 Å².